The molecule has 102 valence electrons. The van der Waals surface area contributed by atoms with Crippen molar-refractivity contribution >= 4 is 34.2 Å². The maximum atomic E-state index is 6.35. The van der Waals surface area contributed by atoms with E-state index in [1.165, 1.54) is 0 Å². The van der Waals surface area contributed by atoms with Gasteiger partial charge in [0.1, 0.15) is 0 Å². The Kier molecular flexibility index (Phi) is 3.38. The minimum absolute atomic E-state index is 0.00770. The first-order valence-corrected chi connectivity index (χ1v) is 7.72. The molecule has 19 heavy (non-hydrogen) atoms. The van der Waals surface area contributed by atoms with Crippen LogP contribution in [0.15, 0.2) is 18.6 Å². The normalized spacial score (nSPS) is 19.0. The van der Waals surface area contributed by atoms with Crippen LogP contribution in [0.1, 0.15) is 26.2 Å². The average molecular weight is 371 g/mol. The van der Waals surface area contributed by atoms with Crippen molar-refractivity contribution in [2.75, 3.05) is 18.0 Å². The van der Waals surface area contributed by atoms with Crippen molar-refractivity contribution in [1.29, 1.82) is 0 Å². The summed E-state index contributed by atoms with van der Waals surface area (Å²) in [6.07, 6.45) is 8.78. The Morgan fingerprint density at radius 3 is 2.79 bits per heavy atom. The highest BCUT2D eigenvalue weighted by molar-refractivity contribution is 14.1. The highest BCUT2D eigenvalue weighted by atomic mass is 127. The molecule has 0 unspecified atom stereocenters. The molecule has 5 nitrogen and oxygen atoms in total. The summed E-state index contributed by atoms with van der Waals surface area (Å²) in [7, 11) is 0. The van der Waals surface area contributed by atoms with E-state index in [4.69, 9.17) is 5.73 Å². The van der Waals surface area contributed by atoms with Crippen molar-refractivity contribution in [2.45, 2.75) is 31.7 Å². The van der Waals surface area contributed by atoms with Gasteiger partial charge in [0.2, 0.25) is 5.95 Å². The Morgan fingerprint density at radius 1 is 1.37 bits per heavy atom. The van der Waals surface area contributed by atoms with Crippen LogP contribution in [0.2, 0.25) is 0 Å². The number of nitrogens with zero attached hydrogens (tertiary/aromatic N) is 4. The van der Waals surface area contributed by atoms with Crippen LogP contribution in [0.5, 0.6) is 0 Å². The lowest BCUT2D eigenvalue weighted by molar-refractivity contribution is 0.321. The molecular formula is C13H18IN5. The van der Waals surface area contributed by atoms with Crippen LogP contribution in [0.4, 0.5) is 5.95 Å². The molecule has 0 aromatic carbocycles. The molecule has 2 aromatic rings. The molecular weight excluding hydrogens is 353 g/mol. The van der Waals surface area contributed by atoms with Crippen molar-refractivity contribution in [3.63, 3.8) is 0 Å². The number of halogens is 1. The predicted molar refractivity (Wildman–Crippen MR) is 84.4 cm³/mol. The standard InChI is InChI=1S/C13H18IN5/c1-2-13(15)3-6-18(7-4-13)12-17-9-10(14)11-16-5-8-19(11)12/h5,8-9H,2-4,6-7,15H2,1H3. The summed E-state index contributed by atoms with van der Waals surface area (Å²) in [6, 6.07) is 0. The topological polar surface area (TPSA) is 59.5 Å². The van der Waals surface area contributed by atoms with Crippen LogP contribution in [-0.4, -0.2) is 33.0 Å². The molecule has 1 fully saturated rings. The monoisotopic (exact) mass is 371 g/mol. The molecule has 6 heteroatoms. The lowest BCUT2D eigenvalue weighted by Crippen LogP contribution is -2.50. The van der Waals surface area contributed by atoms with Crippen molar-refractivity contribution in [1.82, 2.24) is 14.4 Å². The zero-order valence-corrected chi connectivity index (χ0v) is 13.2. The van der Waals surface area contributed by atoms with Crippen LogP contribution in [0.3, 0.4) is 0 Å². The second-order valence-corrected chi connectivity index (χ2v) is 6.39. The molecule has 0 bridgehead atoms. The molecule has 2 N–H and O–H groups in total. The number of anilines is 1. The van der Waals surface area contributed by atoms with Gasteiger partial charge in [-0.1, -0.05) is 6.92 Å². The number of fused-ring (bicyclic) bond motifs is 1. The Bertz CT molecular complexity index is 586. The minimum atomic E-state index is 0.00770. The Labute approximate surface area is 126 Å². The molecule has 0 spiro atoms. The number of rotatable bonds is 2. The summed E-state index contributed by atoms with van der Waals surface area (Å²) in [5.41, 5.74) is 7.33. The number of imidazole rings is 1. The first-order valence-electron chi connectivity index (χ1n) is 6.64. The number of hydrogen-bond donors (Lipinski definition) is 1. The second kappa shape index (κ2) is 4.90. The summed E-state index contributed by atoms with van der Waals surface area (Å²) in [5.74, 6) is 0.978. The number of aromatic nitrogens is 3. The molecule has 3 heterocycles. The smallest absolute Gasteiger partial charge is 0.211 e. The van der Waals surface area contributed by atoms with E-state index in [2.05, 4.69) is 48.8 Å². The lowest BCUT2D eigenvalue weighted by atomic mass is 9.86. The van der Waals surface area contributed by atoms with Crippen molar-refractivity contribution < 1.29 is 0 Å². The summed E-state index contributed by atoms with van der Waals surface area (Å²) in [6.45, 7) is 4.10. The molecule has 1 aliphatic heterocycles. The van der Waals surface area contributed by atoms with Gasteiger partial charge < -0.3 is 10.6 Å². The van der Waals surface area contributed by atoms with Gasteiger partial charge in [0.15, 0.2) is 5.65 Å². The molecule has 0 saturated carbocycles. The second-order valence-electron chi connectivity index (χ2n) is 5.23. The molecule has 3 rings (SSSR count). The Morgan fingerprint density at radius 2 is 2.11 bits per heavy atom. The molecule has 1 aliphatic rings. The fourth-order valence-corrected chi connectivity index (χ4v) is 3.15. The third-order valence-electron chi connectivity index (χ3n) is 4.11. The van der Waals surface area contributed by atoms with Gasteiger partial charge >= 0.3 is 0 Å². The first kappa shape index (κ1) is 13.1. The maximum Gasteiger partial charge on any atom is 0.211 e. The van der Waals surface area contributed by atoms with Crippen LogP contribution in [0.25, 0.3) is 5.65 Å². The van der Waals surface area contributed by atoms with Crippen molar-refractivity contribution in [3.8, 4) is 0 Å². The quantitative estimate of drug-likeness (QED) is 0.821. The SMILES string of the molecule is CCC1(N)CCN(c2ncc(I)c3nccn23)CC1. The van der Waals surface area contributed by atoms with E-state index in [9.17, 15) is 0 Å². The van der Waals surface area contributed by atoms with Gasteiger partial charge in [-0.25, -0.2) is 9.97 Å². The van der Waals surface area contributed by atoms with E-state index in [0.717, 1.165) is 47.5 Å². The van der Waals surface area contributed by atoms with E-state index < -0.39 is 0 Å². The van der Waals surface area contributed by atoms with Crippen molar-refractivity contribution in [3.05, 3.63) is 22.2 Å². The van der Waals surface area contributed by atoms with Gasteiger partial charge in [-0.2, -0.15) is 0 Å². The Hall–Kier alpha value is -0.890. The van der Waals surface area contributed by atoms with Crippen LogP contribution in [0, 0.1) is 3.57 Å². The van der Waals surface area contributed by atoms with Crippen molar-refractivity contribution in [2.24, 2.45) is 5.73 Å². The summed E-state index contributed by atoms with van der Waals surface area (Å²) in [5, 5.41) is 0. The maximum absolute atomic E-state index is 6.35. The zero-order valence-electron chi connectivity index (χ0n) is 11.0. The third-order valence-corrected chi connectivity index (χ3v) is 4.87. The highest BCUT2D eigenvalue weighted by Gasteiger charge is 2.30. The number of hydrogen-bond acceptors (Lipinski definition) is 4. The van der Waals surface area contributed by atoms with E-state index in [1.54, 1.807) is 0 Å². The largest absolute Gasteiger partial charge is 0.342 e. The molecule has 0 amide bonds. The zero-order chi connectivity index (χ0) is 13.5. The summed E-state index contributed by atoms with van der Waals surface area (Å²) >= 11 is 2.27. The van der Waals surface area contributed by atoms with Crippen LogP contribution < -0.4 is 10.6 Å². The van der Waals surface area contributed by atoms with Gasteiger partial charge in [0, 0.05) is 37.2 Å². The summed E-state index contributed by atoms with van der Waals surface area (Å²) in [4.78, 5) is 11.3. The first-order chi connectivity index (χ1) is 9.13. The van der Waals surface area contributed by atoms with E-state index >= 15 is 0 Å². The van der Waals surface area contributed by atoms with Gasteiger partial charge in [0.25, 0.3) is 0 Å². The van der Waals surface area contributed by atoms with E-state index in [1.807, 2.05) is 18.6 Å². The Balaban J connectivity index is 1.90. The van der Waals surface area contributed by atoms with Gasteiger partial charge in [0.05, 0.1) is 3.57 Å². The molecule has 0 aliphatic carbocycles. The molecule has 2 aromatic heterocycles. The van der Waals surface area contributed by atoms with E-state index in [-0.39, 0.29) is 5.54 Å². The summed E-state index contributed by atoms with van der Waals surface area (Å²) < 4.78 is 3.14. The lowest BCUT2D eigenvalue weighted by Gasteiger charge is -2.39. The fraction of sp³-hybridized carbons (Fsp3) is 0.538. The van der Waals surface area contributed by atoms with Gasteiger partial charge in [-0.15, -0.1) is 0 Å². The predicted octanol–water partition coefficient (Wildman–Crippen LogP) is 2.04. The average Bonchev–Trinajstić information content (AvgIpc) is 2.91. The molecule has 1 saturated heterocycles. The van der Waals surface area contributed by atoms with Gasteiger partial charge in [-0.05, 0) is 41.9 Å². The minimum Gasteiger partial charge on any atom is -0.342 e. The molecule has 0 radical (unpaired) electrons. The fourth-order valence-electron chi connectivity index (χ4n) is 2.62. The highest BCUT2D eigenvalue weighted by Crippen LogP contribution is 2.26. The van der Waals surface area contributed by atoms with Crippen LogP contribution in [-0.2, 0) is 0 Å². The number of piperidine rings is 1. The molecule has 0 atom stereocenters. The van der Waals surface area contributed by atoms with Gasteiger partial charge in [-0.3, -0.25) is 4.40 Å². The van der Waals surface area contributed by atoms with E-state index in [0.29, 0.717) is 0 Å². The third kappa shape index (κ3) is 2.31. The number of nitrogens with two attached hydrogens (primary N) is 1. The van der Waals surface area contributed by atoms with Crippen LogP contribution >= 0.6 is 22.6 Å².